The highest BCUT2D eigenvalue weighted by atomic mass is 16.5. The molecule has 1 amide bonds. The van der Waals surface area contributed by atoms with Gasteiger partial charge in [0.2, 0.25) is 0 Å². The molecule has 1 aliphatic rings. The van der Waals surface area contributed by atoms with Gasteiger partial charge in [-0.25, -0.2) is 0 Å². The second-order valence-corrected chi connectivity index (χ2v) is 6.61. The molecule has 5 heteroatoms. The predicted octanol–water partition coefficient (Wildman–Crippen LogP) is 3.05. The third-order valence-corrected chi connectivity index (χ3v) is 4.55. The van der Waals surface area contributed by atoms with Crippen molar-refractivity contribution in [1.82, 2.24) is 9.88 Å². The number of carbonyl (C=O) groups is 1. The Hall–Kier alpha value is -2.40. The van der Waals surface area contributed by atoms with E-state index in [-0.39, 0.29) is 18.1 Å². The van der Waals surface area contributed by atoms with Crippen LogP contribution < -0.4 is 4.74 Å². The Labute approximate surface area is 148 Å². The maximum atomic E-state index is 12.4. The third-order valence-electron chi connectivity index (χ3n) is 4.55. The van der Waals surface area contributed by atoms with Crippen molar-refractivity contribution >= 4 is 5.91 Å². The molecule has 3 rings (SSSR count). The quantitative estimate of drug-likeness (QED) is 0.909. The number of benzene rings is 1. The predicted molar refractivity (Wildman–Crippen MR) is 96.7 cm³/mol. The average molecular weight is 340 g/mol. The number of hydrogen-bond donors (Lipinski definition) is 1. The molecule has 1 aromatic carbocycles. The molecule has 1 fully saturated rings. The van der Waals surface area contributed by atoms with Crippen molar-refractivity contribution < 1.29 is 14.6 Å². The normalized spacial score (nSPS) is 15.6. The van der Waals surface area contributed by atoms with Crippen molar-refractivity contribution in [2.75, 3.05) is 13.1 Å². The Morgan fingerprint density at radius 2 is 2.12 bits per heavy atom. The minimum Gasteiger partial charge on any atom is -0.489 e. The zero-order valence-corrected chi connectivity index (χ0v) is 14.9. The monoisotopic (exact) mass is 340 g/mol. The Morgan fingerprint density at radius 3 is 2.68 bits per heavy atom. The molecule has 2 aromatic rings. The van der Waals surface area contributed by atoms with Gasteiger partial charge in [0.15, 0.2) is 0 Å². The number of aliphatic hydroxyl groups is 1. The Balaban J connectivity index is 1.75. The first-order chi connectivity index (χ1) is 12.0. The summed E-state index contributed by atoms with van der Waals surface area (Å²) in [6.07, 6.45) is 2.46. The molecule has 5 nitrogen and oxygen atoms in total. The van der Waals surface area contributed by atoms with E-state index >= 15 is 0 Å². The van der Waals surface area contributed by atoms with E-state index in [2.05, 4.69) is 11.9 Å². The van der Waals surface area contributed by atoms with Gasteiger partial charge in [0, 0.05) is 24.2 Å². The molecule has 0 saturated carbocycles. The number of ether oxygens (including phenoxy) is 1. The van der Waals surface area contributed by atoms with Crippen LogP contribution in [0.4, 0.5) is 0 Å². The molecule has 0 spiro atoms. The molecule has 2 heterocycles. The molecule has 1 aromatic heterocycles. The molecular formula is C20H24N2O3. The fourth-order valence-corrected chi connectivity index (χ4v) is 2.79. The first kappa shape index (κ1) is 17.4. The topological polar surface area (TPSA) is 62.7 Å². The fourth-order valence-electron chi connectivity index (χ4n) is 2.79. The zero-order valence-electron chi connectivity index (χ0n) is 14.9. The number of carbonyl (C=O) groups excluding carboxylic acids is 1. The van der Waals surface area contributed by atoms with Crippen LogP contribution in [0.2, 0.25) is 0 Å². The van der Waals surface area contributed by atoms with E-state index in [1.165, 1.54) is 0 Å². The van der Waals surface area contributed by atoms with E-state index in [0.717, 1.165) is 29.0 Å². The summed E-state index contributed by atoms with van der Waals surface area (Å²) in [6.45, 7) is 6.87. The Kier molecular flexibility index (Phi) is 5.04. The van der Waals surface area contributed by atoms with Crippen LogP contribution >= 0.6 is 0 Å². The van der Waals surface area contributed by atoms with Gasteiger partial charge in [-0.2, -0.15) is 0 Å². The van der Waals surface area contributed by atoms with Crippen LogP contribution in [-0.2, 0) is 0 Å². The Bertz CT molecular complexity index is 752. The number of β-amino-alcohol motifs (C(OH)–C–C–N with tert-alkyl or cyclic N) is 1. The second kappa shape index (κ2) is 7.23. The van der Waals surface area contributed by atoms with Crippen molar-refractivity contribution in [3.8, 4) is 17.0 Å². The van der Waals surface area contributed by atoms with Gasteiger partial charge in [-0.1, -0.05) is 13.0 Å². The molecule has 132 valence electrons. The van der Waals surface area contributed by atoms with Gasteiger partial charge < -0.3 is 14.7 Å². The maximum absolute atomic E-state index is 12.4. The van der Waals surface area contributed by atoms with Gasteiger partial charge in [0.25, 0.3) is 5.91 Å². The van der Waals surface area contributed by atoms with Gasteiger partial charge >= 0.3 is 0 Å². The summed E-state index contributed by atoms with van der Waals surface area (Å²) < 4.78 is 5.75. The van der Waals surface area contributed by atoms with Crippen molar-refractivity contribution in [3.05, 3.63) is 47.7 Å². The molecule has 25 heavy (non-hydrogen) atoms. The highest BCUT2D eigenvalue weighted by Crippen LogP contribution is 2.24. The summed E-state index contributed by atoms with van der Waals surface area (Å²) in [5, 5.41) is 9.36. The number of nitrogens with zero attached hydrogens (tertiary/aromatic N) is 2. The smallest absolute Gasteiger partial charge is 0.254 e. The summed E-state index contributed by atoms with van der Waals surface area (Å²) in [5.41, 5.74) is 3.39. The van der Waals surface area contributed by atoms with Crippen LogP contribution in [0.5, 0.6) is 5.75 Å². The van der Waals surface area contributed by atoms with Crippen molar-refractivity contribution in [2.24, 2.45) is 0 Å². The fraction of sp³-hybridized carbons (Fsp3) is 0.400. The zero-order chi connectivity index (χ0) is 18.0. The lowest BCUT2D eigenvalue weighted by atomic mass is 10.0. The molecule has 1 N–H and O–H groups in total. The van der Waals surface area contributed by atoms with Gasteiger partial charge in [-0.05, 0) is 50.1 Å². The van der Waals surface area contributed by atoms with E-state index in [4.69, 9.17) is 4.74 Å². The lowest BCUT2D eigenvalue weighted by molar-refractivity contribution is 0.00584. The standard InChI is InChI=1S/C20H24N2O3/c1-4-14(3)25-17-6-8-19(21-10-17)15-5-7-18(13(2)9-15)20(24)22-11-16(23)12-22/h5-10,14,16,23H,4,11-12H2,1-3H3. The van der Waals surface area contributed by atoms with Crippen LogP contribution in [0.3, 0.4) is 0 Å². The first-order valence-electron chi connectivity index (χ1n) is 8.69. The van der Waals surface area contributed by atoms with Crippen molar-refractivity contribution in [3.63, 3.8) is 0 Å². The molecule has 0 bridgehead atoms. The largest absolute Gasteiger partial charge is 0.489 e. The minimum absolute atomic E-state index is 0.0281. The molecule has 1 unspecified atom stereocenters. The number of pyridine rings is 1. The number of rotatable bonds is 5. The number of aromatic nitrogens is 1. The SMILES string of the molecule is CCC(C)Oc1ccc(-c2ccc(C(=O)N3CC(O)C3)c(C)c2)nc1. The molecule has 1 aliphatic heterocycles. The molecule has 1 saturated heterocycles. The molecular weight excluding hydrogens is 316 g/mol. The summed E-state index contributed by atoms with van der Waals surface area (Å²) >= 11 is 0. The van der Waals surface area contributed by atoms with E-state index in [0.29, 0.717) is 18.7 Å². The van der Waals surface area contributed by atoms with Crippen LogP contribution in [0.25, 0.3) is 11.3 Å². The number of hydrogen-bond acceptors (Lipinski definition) is 4. The summed E-state index contributed by atoms with van der Waals surface area (Å²) in [4.78, 5) is 18.5. The van der Waals surface area contributed by atoms with Gasteiger partial charge in [0.05, 0.1) is 24.1 Å². The average Bonchev–Trinajstić information content (AvgIpc) is 2.59. The maximum Gasteiger partial charge on any atom is 0.254 e. The van der Waals surface area contributed by atoms with E-state index in [9.17, 15) is 9.90 Å². The van der Waals surface area contributed by atoms with Gasteiger partial charge in [-0.15, -0.1) is 0 Å². The van der Waals surface area contributed by atoms with Crippen LogP contribution in [-0.4, -0.2) is 46.2 Å². The highest BCUT2D eigenvalue weighted by molar-refractivity contribution is 5.96. The summed E-state index contributed by atoms with van der Waals surface area (Å²) in [6, 6.07) is 9.57. The van der Waals surface area contributed by atoms with Crippen LogP contribution in [0, 0.1) is 6.92 Å². The number of amides is 1. The van der Waals surface area contributed by atoms with Crippen LogP contribution in [0.1, 0.15) is 36.2 Å². The van der Waals surface area contributed by atoms with Gasteiger partial charge in [-0.3, -0.25) is 9.78 Å². The van der Waals surface area contributed by atoms with E-state index in [1.54, 1.807) is 11.1 Å². The minimum atomic E-state index is -0.385. The van der Waals surface area contributed by atoms with Crippen molar-refractivity contribution in [2.45, 2.75) is 39.4 Å². The first-order valence-corrected chi connectivity index (χ1v) is 8.69. The molecule has 1 atom stereocenters. The second-order valence-electron chi connectivity index (χ2n) is 6.61. The number of aliphatic hydroxyl groups excluding tert-OH is 1. The number of aryl methyl sites for hydroxylation is 1. The number of likely N-dealkylation sites (tertiary alicyclic amines) is 1. The van der Waals surface area contributed by atoms with Crippen molar-refractivity contribution in [1.29, 1.82) is 0 Å². The summed E-state index contributed by atoms with van der Waals surface area (Å²) in [5.74, 6) is 0.734. The van der Waals surface area contributed by atoms with Crippen LogP contribution in [0.15, 0.2) is 36.5 Å². The third kappa shape index (κ3) is 3.82. The lowest BCUT2D eigenvalue weighted by Gasteiger charge is -2.36. The Morgan fingerprint density at radius 1 is 1.36 bits per heavy atom. The lowest BCUT2D eigenvalue weighted by Crippen LogP contribution is -2.53. The van der Waals surface area contributed by atoms with Gasteiger partial charge in [0.1, 0.15) is 5.75 Å². The molecule has 0 radical (unpaired) electrons. The summed E-state index contributed by atoms with van der Waals surface area (Å²) in [7, 11) is 0. The van der Waals surface area contributed by atoms with E-state index in [1.807, 2.05) is 44.2 Å². The van der Waals surface area contributed by atoms with E-state index < -0.39 is 0 Å². The molecule has 0 aliphatic carbocycles. The highest BCUT2D eigenvalue weighted by Gasteiger charge is 2.30.